The van der Waals surface area contributed by atoms with Gasteiger partial charge < -0.3 is 10.2 Å². The second kappa shape index (κ2) is 5.86. The summed E-state index contributed by atoms with van der Waals surface area (Å²) in [5.41, 5.74) is 0.432. The minimum atomic E-state index is 0.432. The van der Waals surface area contributed by atoms with E-state index < -0.39 is 0 Å². The fourth-order valence-electron chi connectivity index (χ4n) is 1.99. The van der Waals surface area contributed by atoms with E-state index in [2.05, 4.69) is 38.0 Å². The molecule has 1 N–H and O–H groups in total. The fraction of sp³-hybridized carbons (Fsp3) is 1.00. The van der Waals surface area contributed by atoms with Gasteiger partial charge in [0, 0.05) is 12.6 Å². The minimum absolute atomic E-state index is 0.432. The summed E-state index contributed by atoms with van der Waals surface area (Å²) >= 11 is 0. The zero-order valence-electron chi connectivity index (χ0n) is 11.0. The molecular weight excluding hydrogens is 184 g/mol. The number of nitrogens with zero attached hydrogens (tertiary/aromatic N) is 1. The average Bonchev–Trinajstić information content (AvgIpc) is 2.83. The lowest BCUT2D eigenvalue weighted by Crippen LogP contribution is -2.30. The molecule has 0 aromatic carbocycles. The molecule has 15 heavy (non-hydrogen) atoms. The molecule has 0 amide bonds. The summed E-state index contributed by atoms with van der Waals surface area (Å²) in [7, 11) is 2.24. The summed E-state index contributed by atoms with van der Waals surface area (Å²) in [5.74, 6) is 0. The van der Waals surface area contributed by atoms with E-state index in [9.17, 15) is 0 Å². The first kappa shape index (κ1) is 13.0. The molecule has 90 valence electrons. The molecule has 0 aliphatic heterocycles. The molecule has 0 saturated heterocycles. The largest absolute Gasteiger partial charge is 0.314 e. The van der Waals surface area contributed by atoms with Crippen LogP contribution in [0.1, 0.15) is 46.5 Å². The number of hydrogen-bond acceptors (Lipinski definition) is 2. The van der Waals surface area contributed by atoms with Gasteiger partial charge in [-0.15, -0.1) is 0 Å². The van der Waals surface area contributed by atoms with Crippen LogP contribution in [-0.2, 0) is 0 Å². The molecule has 0 heterocycles. The van der Waals surface area contributed by atoms with Crippen LogP contribution in [0.25, 0.3) is 0 Å². The third kappa shape index (κ3) is 7.80. The van der Waals surface area contributed by atoms with E-state index in [1.165, 1.54) is 45.3 Å². The predicted molar refractivity (Wildman–Crippen MR) is 67.2 cm³/mol. The van der Waals surface area contributed by atoms with Gasteiger partial charge in [0.05, 0.1) is 0 Å². The van der Waals surface area contributed by atoms with Crippen LogP contribution in [0.3, 0.4) is 0 Å². The Morgan fingerprint density at radius 2 is 1.87 bits per heavy atom. The number of rotatable bonds is 7. The molecule has 0 bridgehead atoms. The standard InChI is InChI=1S/C13H28N2/c1-13(2,3)11-15(4)10-6-5-9-14-12-7-8-12/h12,14H,5-11H2,1-4H3. The van der Waals surface area contributed by atoms with Gasteiger partial charge >= 0.3 is 0 Å². The first-order chi connectivity index (χ1) is 6.97. The predicted octanol–water partition coefficient (Wildman–Crippen LogP) is 2.50. The summed E-state index contributed by atoms with van der Waals surface area (Å²) < 4.78 is 0. The molecule has 0 spiro atoms. The molecule has 1 fully saturated rings. The Hall–Kier alpha value is -0.0800. The van der Waals surface area contributed by atoms with E-state index >= 15 is 0 Å². The van der Waals surface area contributed by atoms with Gasteiger partial charge in [0.25, 0.3) is 0 Å². The minimum Gasteiger partial charge on any atom is -0.314 e. The molecule has 0 unspecified atom stereocenters. The van der Waals surface area contributed by atoms with Crippen LogP contribution in [0, 0.1) is 5.41 Å². The molecule has 2 heteroatoms. The number of unbranched alkanes of at least 4 members (excludes halogenated alkanes) is 1. The van der Waals surface area contributed by atoms with Gasteiger partial charge in [-0.05, 0) is 51.2 Å². The van der Waals surface area contributed by atoms with E-state index in [1.807, 2.05) is 0 Å². The van der Waals surface area contributed by atoms with E-state index in [1.54, 1.807) is 0 Å². The molecule has 1 saturated carbocycles. The van der Waals surface area contributed by atoms with E-state index in [0.717, 1.165) is 6.04 Å². The first-order valence-corrected chi connectivity index (χ1v) is 6.39. The topological polar surface area (TPSA) is 15.3 Å². The fourth-order valence-corrected chi connectivity index (χ4v) is 1.99. The summed E-state index contributed by atoms with van der Waals surface area (Å²) in [6.07, 6.45) is 5.46. The highest BCUT2D eigenvalue weighted by Gasteiger charge is 2.19. The molecule has 1 aliphatic carbocycles. The first-order valence-electron chi connectivity index (χ1n) is 6.39. The maximum Gasteiger partial charge on any atom is 0.00682 e. The molecule has 0 atom stereocenters. The van der Waals surface area contributed by atoms with E-state index in [-0.39, 0.29) is 0 Å². The number of nitrogens with one attached hydrogen (secondary N) is 1. The van der Waals surface area contributed by atoms with Crippen LogP contribution >= 0.6 is 0 Å². The highest BCUT2D eigenvalue weighted by molar-refractivity contribution is 4.80. The maximum atomic E-state index is 3.56. The zero-order valence-corrected chi connectivity index (χ0v) is 11.0. The van der Waals surface area contributed by atoms with Crippen LogP contribution in [0.4, 0.5) is 0 Å². The van der Waals surface area contributed by atoms with Crippen molar-refractivity contribution in [2.45, 2.75) is 52.5 Å². The van der Waals surface area contributed by atoms with Gasteiger partial charge in [-0.1, -0.05) is 20.8 Å². The van der Waals surface area contributed by atoms with Crippen molar-refractivity contribution >= 4 is 0 Å². The van der Waals surface area contributed by atoms with Gasteiger partial charge in [-0.3, -0.25) is 0 Å². The molecule has 0 aromatic heterocycles. The second-order valence-corrected chi connectivity index (χ2v) is 6.23. The molecular formula is C13H28N2. The van der Waals surface area contributed by atoms with Crippen molar-refractivity contribution in [1.29, 1.82) is 0 Å². The van der Waals surface area contributed by atoms with Crippen molar-refractivity contribution < 1.29 is 0 Å². The third-order valence-electron chi connectivity index (χ3n) is 2.72. The molecule has 2 nitrogen and oxygen atoms in total. The number of hydrogen-bond donors (Lipinski definition) is 1. The van der Waals surface area contributed by atoms with Crippen molar-refractivity contribution in [2.75, 3.05) is 26.7 Å². The monoisotopic (exact) mass is 212 g/mol. The highest BCUT2D eigenvalue weighted by Crippen LogP contribution is 2.18. The molecule has 0 aromatic rings. The Morgan fingerprint density at radius 1 is 1.20 bits per heavy atom. The van der Waals surface area contributed by atoms with Gasteiger partial charge in [-0.2, -0.15) is 0 Å². The lowest BCUT2D eigenvalue weighted by molar-refractivity contribution is 0.224. The van der Waals surface area contributed by atoms with Gasteiger partial charge in [0.2, 0.25) is 0 Å². The SMILES string of the molecule is CN(CCCCNC1CC1)CC(C)(C)C. The van der Waals surface area contributed by atoms with Crippen LogP contribution in [0.15, 0.2) is 0 Å². The van der Waals surface area contributed by atoms with Gasteiger partial charge in [0.15, 0.2) is 0 Å². The highest BCUT2D eigenvalue weighted by atomic mass is 15.1. The molecule has 1 rings (SSSR count). The van der Waals surface area contributed by atoms with Crippen molar-refractivity contribution in [3.05, 3.63) is 0 Å². The average molecular weight is 212 g/mol. The summed E-state index contributed by atoms with van der Waals surface area (Å²) in [6.45, 7) is 10.6. The Bertz CT molecular complexity index is 168. The summed E-state index contributed by atoms with van der Waals surface area (Å²) in [4.78, 5) is 2.46. The van der Waals surface area contributed by atoms with Crippen LogP contribution in [0.2, 0.25) is 0 Å². The van der Waals surface area contributed by atoms with Crippen molar-refractivity contribution in [3.63, 3.8) is 0 Å². The summed E-state index contributed by atoms with van der Waals surface area (Å²) in [5, 5.41) is 3.56. The third-order valence-corrected chi connectivity index (χ3v) is 2.72. The van der Waals surface area contributed by atoms with E-state index in [0.29, 0.717) is 5.41 Å². The second-order valence-electron chi connectivity index (χ2n) is 6.23. The molecule has 1 aliphatic rings. The Labute approximate surface area is 95.4 Å². The van der Waals surface area contributed by atoms with Crippen LogP contribution in [0.5, 0.6) is 0 Å². The van der Waals surface area contributed by atoms with Crippen molar-refractivity contribution in [1.82, 2.24) is 10.2 Å². The van der Waals surface area contributed by atoms with Gasteiger partial charge in [-0.25, -0.2) is 0 Å². The maximum absolute atomic E-state index is 3.56. The Morgan fingerprint density at radius 3 is 2.40 bits per heavy atom. The summed E-state index contributed by atoms with van der Waals surface area (Å²) in [6, 6.07) is 0.873. The lowest BCUT2D eigenvalue weighted by Gasteiger charge is -2.26. The van der Waals surface area contributed by atoms with E-state index in [4.69, 9.17) is 0 Å². The normalized spacial score (nSPS) is 17.4. The smallest absolute Gasteiger partial charge is 0.00682 e. The Kier molecular flexibility index (Phi) is 5.07. The van der Waals surface area contributed by atoms with Gasteiger partial charge in [0.1, 0.15) is 0 Å². The van der Waals surface area contributed by atoms with Crippen LogP contribution < -0.4 is 5.32 Å². The quantitative estimate of drug-likeness (QED) is 0.652. The molecule has 0 radical (unpaired) electrons. The zero-order chi connectivity index (χ0) is 11.3. The van der Waals surface area contributed by atoms with Crippen LogP contribution in [-0.4, -0.2) is 37.6 Å². The lowest BCUT2D eigenvalue weighted by atomic mass is 9.96. The van der Waals surface area contributed by atoms with Crippen molar-refractivity contribution in [2.24, 2.45) is 5.41 Å². The van der Waals surface area contributed by atoms with Crippen molar-refractivity contribution in [3.8, 4) is 0 Å². The Balaban J connectivity index is 1.89.